The molecule has 1 fully saturated rings. The molecule has 2 heterocycles. The molecule has 1 aromatic heterocycles. The minimum atomic E-state index is -0.0452. The topological polar surface area (TPSA) is 41.1 Å². The molecule has 1 aliphatic rings. The highest BCUT2D eigenvalue weighted by Crippen LogP contribution is 2.27. The van der Waals surface area contributed by atoms with Crippen LogP contribution in [0.3, 0.4) is 0 Å². The fraction of sp³-hybridized carbons (Fsp3) is 0.615. The summed E-state index contributed by atoms with van der Waals surface area (Å²) in [6.07, 6.45) is 2.36. The molecule has 3 nitrogen and oxygen atoms in total. The summed E-state index contributed by atoms with van der Waals surface area (Å²) in [5.41, 5.74) is 0.971. The van der Waals surface area contributed by atoms with E-state index in [-0.39, 0.29) is 11.9 Å². The van der Waals surface area contributed by atoms with Crippen LogP contribution in [0.2, 0.25) is 5.02 Å². The van der Waals surface area contributed by atoms with Gasteiger partial charge in [0.1, 0.15) is 4.88 Å². The molecule has 2 atom stereocenters. The highest BCUT2D eigenvalue weighted by atomic mass is 35.5. The van der Waals surface area contributed by atoms with E-state index in [0.717, 1.165) is 18.7 Å². The molecule has 2 unspecified atom stereocenters. The Kier molecular flexibility index (Phi) is 4.65. The smallest absolute Gasteiger partial charge is 0.263 e. The second-order valence-electron chi connectivity index (χ2n) is 4.93. The van der Waals surface area contributed by atoms with Gasteiger partial charge in [0.2, 0.25) is 0 Å². The van der Waals surface area contributed by atoms with Crippen LogP contribution in [-0.4, -0.2) is 25.0 Å². The molecule has 0 aliphatic carbocycles. The largest absolute Gasteiger partial charge is 0.349 e. The van der Waals surface area contributed by atoms with E-state index in [1.54, 1.807) is 0 Å². The Morgan fingerprint density at radius 1 is 1.67 bits per heavy atom. The van der Waals surface area contributed by atoms with Gasteiger partial charge in [0.05, 0.1) is 5.02 Å². The maximum atomic E-state index is 12.1. The molecule has 0 spiro atoms. The molecule has 0 saturated carbocycles. The van der Waals surface area contributed by atoms with Crippen molar-refractivity contribution in [2.75, 3.05) is 13.1 Å². The molecule has 18 heavy (non-hydrogen) atoms. The van der Waals surface area contributed by atoms with Gasteiger partial charge in [0.15, 0.2) is 0 Å². The van der Waals surface area contributed by atoms with Crippen LogP contribution in [0.25, 0.3) is 0 Å². The average Bonchev–Trinajstić information content (AvgIpc) is 2.71. The summed E-state index contributed by atoms with van der Waals surface area (Å²) < 4.78 is 0. The number of amides is 1. The number of rotatable bonds is 3. The van der Waals surface area contributed by atoms with E-state index < -0.39 is 0 Å². The first-order valence-electron chi connectivity index (χ1n) is 6.34. The minimum absolute atomic E-state index is 0.0452. The lowest BCUT2D eigenvalue weighted by Gasteiger charge is -2.28. The number of halogens is 1. The van der Waals surface area contributed by atoms with Crippen LogP contribution >= 0.6 is 22.9 Å². The van der Waals surface area contributed by atoms with Crippen molar-refractivity contribution in [3.63, 3.8) is 0 Å². The molecule has 0 radical (unpaired) electrons. The Labute approximate surface area is 117 Å². The third-order valence-corrected chi connectivity index (χ3v) is 5.20. The molecule has 0 bridgehead atoms. The lowest BCUT2D eigenvalue weighted by molar-refractivity contribution is 0.0926. The monoisotopic (exact) mass is 286 g/mol. The fourth-order valence-corrected chi connectivity index (χ4v) is 3.46. The van der Waals surface area contributed by atoms with E-state index in [2.05, 4.69) is 17.6 Å². The SMILES string of the molecule is Cc1csc(C(=O)NC(C)C2CCCNC2)c1Cl. The first-order chi connectivity index (χ1) is 8.59. The summed E-state index contributed by atoms with van der Waals surface area (Å²) in [7, 11) is 0. The maximum absolute atomic E-state index is 12.1. The van der Waals surface area contributed by atoms with Crippen molar-refractivity contribution in [1.29, 1.82) is 0 Å². The average molecular weight is 287 g/mol. The Hall–Kier alpha value is -0.580. The molecule has 2 rings (SSSR count). The Balaban J connectivity index is 1.96. The lowest BCUT2D eigenvalue weighted by Crippen LogP contribution is -2.44. The first-order valence-corrected chi connectivity index (χ1v) is 7.60. The van der Waals surface area contributed by atoms with Crippen LogP contribution in [0.1, 0.15) is 35.0 Å². The predicted octanol–water partition coefficient (Wildman–Crippen LogP) is 2.83. The van der Waals surface area contributed by atoms with Crippen LogP contribution < -0.4 is 10.6 Å². The zero-order valence-corrected chi connectivity index (χ0v) is 12.3. The number of aryl methyl sites for hydroxylation is 1. The highest BCUT2D eigenvalue weighted by Gasteiger charge is 2.23. The number of hydrogen-bond donors (Lipinski definition) is 2. The van der Waals surface area contributed by atoms with Crippen molar-refractivity contribution < 1.29 is 4.79 Å². The number of piperidine rings is 1. The van der Waals surface area contributed by atoms with Gasteiger partial charge in [-0.3, -0.25) is 4.79 Å². The molecule has 1 aromatic rings. The van der Waals surface area contributed by atoms with Crippen molar-refractivity contribution in [2.24, 2.45) is 5.92 Å². The molecular weight excluding hydrogens is 268 g/mol. The minimum Gasteiger partial charge on any atom is -0.349 e. The fourth-order valence-electron chi connectivity index (χ4n) is 2.28. The van der Waals surface area contributed by atoms with Gasteiger partial charge in [-0.1, -0.05) is 11.6 Å². The first kappa shape index (κ1) is 13.8. The summed E-state index contributed by atoms with van der Waals surface area (Å²) in [4.78, 5) is 12.8. The lowest BCUT2D eigenvalue weighted by atomic mass is 9.93. The third-order valence-electron chi connectivity index (χ3n) is 3.51. The van der Waals surface area contributed by atoms with Gasteiger partial charge in [0.25, 0.3) is 5.91 Å². The highest BCUT2D eigenvalue weighted by molar-refractivity contribution is 7.13. The van der Waals surface area contributed by atoms with E-state index in [4.69, 9.17) is 11.6 Å². The zero-order chi connectivity index (χ0) is 13.1. The molecule has 5 heteroatoms. The quantitative estimate of drug-likeness (QED) is 0.897. The summed E-state index contributed by atoms with van der Waals surface area (Å²) in [6.45, 7) is 6.07. The molecule has 2 N–H and O–H groups in total. The van der Waals surface area contributed by atoms with Gasteiger partial charge in [-0.05, 0) is 56.6 Å². The predicted molar refractivity (Wildman–Crippen MR) is 76.6 cm³/mol. The van der Waals surface area contributed by atoms with Crippen molar-refractivity contribution >= 4 is 28.8 Å². The van der Waals surface area contributed by atoms with Gasteiger partial charge >= 0.3 is 0 Å². The Morgan fingerprint density at radius 2 is 2.44 bits per heavy atom. The van der Waals surface area contributed by atoms with Crippen LogP contribution in [0.4, 0.5) is 0 Å². The number of carbonyl (C=O) groups excluding carboxylic acids is 1. The second-order valence-corrected chi connectivity index (χ2v) is 6.19. The van der Waals surface area contributed by atoms with Crippen LogP contribution in [0, 0.1) is 12.8 Å². The molecule has 1 aliphatic heterocycles. The van der Waals surface area contributed by atoms with Gasteiger partial charge in [-0.25, -0.2) is 0 Å². The van der Waals surface area contributed by atoms with E-state index in [9.17, 15) is 4.79 Å². The van der Waals surface area contributed by atoms with Crippen LogP contribution in [0.15, 0.2) is 5.38 Å². The Bertz CT molecular complexity index is 427. The van der Waals surface area contributed by atoms with Crippen LogP contribution in [0.5, 0.6) is 0 Å². The third kappa shape index (κ3) is 3.05. The van der Waals surface area contributed by atoms with Crippen molar-refractivity contribution in [3.05, 3.63) is 20.8 Å². The molecular formula is C13H19ClN2OS. The second kappa shape index (κ2) is 6.04. The Morgan fingerprint density at radius 3 is 3.00 bits per heavy atom. The van der Waals surface area contributed by atoms with Crippen molar-refractivity contribution in [2.45, 2.75) is 32.7 Å². The summed E-state index contributed by atoms with van der Waals surface area (Å²) in [5, 5.41) is 8.95. The van der Waals surface area contributed by atoms with Crippen molar-refractivity contribution in [3.8, 4) is 0 Å². The molecule has 100 valence electrons. The number of nitrogens with one attached hydrogen (secondary N) is 2. The van der Waals surface area contributed by atoms with Gasteiger partial charge in [-0.15, -0.1) is 11.3 Å². The van der Waals surface area contributed by atoms with Gasteiger partial charge in [0, 0.05) is 6.04 Å². The molecule has 0 aromatic carbocycles. The van der Waals surface area contributed by atoms with Crippen molar-refractivity contribution in [1.82, 2.24) is 10.6 Å². The van der Waals surface area contributed by atoms with Crippen LogP contribution in [-0.2, 0) is 0 Å². The number of carbonyl (C=O) groups is 1. The summed E-state index contributed by atoms with van der Waals surface area (Å²) in [5.74, 6) is 0.471. The van der Waals surface area contributed by atoms with E-state index in [0.29, 0.717) is 15.8 Å². The van der Waals surface area contributed by atoms with Gasteiger partial charge < -0.3 is 10.6 Å². The molecule has 1 saturated heterocycles. The summed E-state index contributed by atoms with van der Waals surface area (Å²) in [6, 6.07) is 0.184. The number of hydrogen-bond acceptors (Lipinski definition) is 3. The molecule has 1 amide bonds. The van der Waals surface area contributed by atoms with E-state index in [1.165, 1.54) is 24.2 Å². The van der Waals surface area contributed by atoms with Gasteiger partial charge in [-0.2, -0.15) is 0 Å². The zero-order valence-electron chi connectivity index (χ0n) is 10.8. The van der Waals surface area contributed by atoms with E-state index >= 15 is 0 Å². The standard InChI is InChI=1S/C13H19ClN2OS/c1-8-7-18-12(11(8)14)13(17)16-9(2)10-4-3-5-15-6-10/h7,9-10,15H,3-6H2,1-2H3,(H,16,17). The van der Waals surface area contributed by atoms with E-state index in [1.807, 2.05) is 12.3 Å². The normalized spacial score (nSPS) is 21.6. The number of thiophene rings is 1. The summed E-state index contributed by atoms with van der Waals surface area (Å²) >= 11 is 7.52. The maximum Gasteiger partial charge on any atom is 0.263 e.